The van der Waals surface area contributed by atoms with Gasteiger partial charge < -0.3 is 5.32 Å². The summed E-state index contributed by atoms with van der Waals surface area (Å²) in [5.41, 5.74) is 2.30. The van der Waals surface area contributed by atoms with Crippen LogP contribution in [0.3, 0.4) is 0 Å². The lowest BCUT2D eigenvalue weighted by Crippen LogP contribution is -2.45. The minimum atomic E-state index is -3.59. The number of carbonyl (C=O) groups excluding carboxylic acids is 1. The van der Waals surface area contributed by atoms with Crippen LogP contribution in [0.2, 0.25) is 0 Å². The standard InChI is InChI=1S/C22H27BrN2O3S/c1-16(2)18-7-5-17(6-8-18)14-24-22(26)19-4-3-13-25(15-19)29(27,28)21-11-9-20(23)10-12-21/h5-12,16,19H,3-4,13-15H2,1-2H3,(H,24,26)/t19-/m0/s1. The minimum absolute atomic E-state index is 0.0892. The molecule has 3 rings (SSSR count). The lowest BCUT2D eigenvalue weighted by atomic mass is 9.98. The van der Waals surface area contributed by atoms with Crippen LogP contribution >= 0.6 is 15.9 Å². The summed E-state index contributed by atoms with van der Waals surface area (Å²) in [6.45, 7) is 5.41. The normalized spacial score (nSPS) is 18.0. The van der Waals surface area contributed by atoms with E-state index in [1.807, 2.05) is 12.1 Å². The number of hydrogen-bond donors (Lipinski definition) is 1. The lowest BCUT2D eigenvalue weighted by molar-refractivity contribution is -0.126. The first-order valence-corrected chi connectivity index (χ1v) is 12.1. The molecule has 5 nitrogen and oxygen atoms in total. The van der Waals surface area contributed by atoms with Gasteiger partial charge in [-0.3, -0.25) is 4.79 Å². The number of hydrogen-bond acceptors (Lipinski definition) is 3. The Kier molecular flexibility index (Phi) is 7.14. The second-order valence-electron chi connectivity index (χ2n) is 7.77. The van der Waals surface area contributed by atoms with Crippen molar-refractivity contribution in [3.05, 3.63) is 64.1 Å². The van der Waals surface area contributed by atoms with Gasteiger partial charge in [-0.15, -0.1) is 0 Å². The first kappa shape index (κ1) is 22.0. The van der Waals surface area contributed by atoms with Crippen LogP contribution in [0.1, 0.15) is 43.7 Å². The zero-order chi connectivity index (χ0) is 21.0. The number of benzene rings is 2. The Morgan fingerprint density at radius 1 is 1.14 bits per heavy atom. The van der Waals surface area contributed by atoms with Gasteiger partial charge in [0, 0.05) is 24.1 Å². The highest BCUT2D eigenvalue weighted by atomic mass is 79.9. The van der Waals surface area contributed by atoms with E-state index in [2.05, 4.69) is 47.2 Å². The van der Waals surface area contributed by atoms with Crippen LogP contribution in [0, 0.1) is 5.92 Å². The highest BCUT2D eigenvalue weighted by Gasteiger charge is 2.33. The summed E-state index contributed by atoms with van der Waals surface area (Å²) < 4.78 is 28.1. The number of nitrogens with one attached hydrogen (secondary N) is 1. The minimum Gasteiger partial charge on any atom is -0.352 e. The van der Waals surface area contributed by atoms with Crippen LogP contribution in [0.5, 0.6) is 0 Å². The molecular formula is C22H27BrN2O3S. The van der Waals surface area contributed by atoms with Gasteiger partial charge in [-0.05, 0) is 54.2 Å². The third-order valence-corrected chi connectivity index (χ3v) is 7.73. The molecule has 0 radical (unpaired) electrons. The number of nitrogens with zero attached hydrogens (tertiary/aromatic N) is 1. The molecule has 2 aromatic carbocycles. The van der Waals surface area contributed by atoms with Gasteiger partial charge >= 0.3 is 0 Å². The smallest absolute Gasteiger partial charge is 0.243 e. The SMILES string of the molecule is CC(C)c1ccc(CNC(=O)[C@H]2CCCN(S(=O)(=O)c3ccc(Br)cc3)C2)cc1. The van der Waals surface area contributed by atoms with Crippen LogP contribution < -0.4 is 5.32 Å². The van der Waals surface area contributed by atoms with Crippen LogP contribution in [0.4, 0.5) is 0 Å². The molecule has 29 heavy (non-hydrogen) atoms. The Labute approximate surface area is 181 Å². The molecule has 1 fully saturated rings. The molecule has 1 amide bonds. The molecule has 0 aromatic heterocycles. The Balaban J connectivity index is 1.61. The summed E-state index contributed by atoms with van der Waals surface area (Å²) in [6.07, 6.45) is 1.38. The fourth-order valence-corrected chi connectivity index (χ4v) is 5.27. The van der Waals surface area contributed by atoms with E-state index in [9.17, 15) is 13.2 Å². The summed E-state index contributed by atoms with van der Waals surface area (Å²) in [5, 5.41) is 2.97. The number of piperidine rings is 1. The average molecular weight is 479 g/mol. The van der Waals surface area contributed by atoms with Gasteiger partial charge in [0.15, 0.2) is 0 Å². The predicted molar refractivity (Wildman–Crippen MR) is 118 cm³/mol. The van der Waals surface area contributed by atoms with Crippen molar-refractivity contribution >= 4 is 31.9 Å². The Morgan fingerprint density at radius 3 is 2.41 bits per heavy atom. The molecule has 1 atom stereocenters. The van der Waals surface area contributed by atoms with Crippen molar-refractivity contribution < 1.29 is 13.2 Å². The second kappa shape index (κ2) is 9.41. The van der Waals surface area contributed by atoms with Gasteiger partial charge in [0.2, 0.25) is 15.9 Å². The molecule has 1 N–H and O–H groups in total. The summed E-state index contributed by atoms with van der Waals surface area (Å²) in [7, 11) is -3.59. The fraction of sp³-hybridized carbons (Fsp3) is 0.409. The molecular weight excluding hydrogens is 452 g/mol. The van der Waals surface area contributed by atoms with Gasteiger partial charge in [-0.25, -0.2) is 8.42 Å². The zero-order valence-electron chi connectivity index (χ0n) is 16.8. The molecule has 0 unspecified atom stereocenters. The molecule has 0 spiro atoms. The van der Waals surface area contributed by atoms with E-state index >= 15 is 0 Å². The van der Waals surface area contributed by atoms with Gasteiger partial charge in [0.25, 0.3) is 0 Å². The van der Waals surface area contributed by atoms with Crippen LogP contribution in [0.25, 0.3) is 0 Å². The van der Waals surface area contributed by atoms with Crippen molar-refractivity contribution in [1.82, 2.24) is 9.62 Å². The highest BCUT2D eigenvalue weighted by Crippen LogP contribution is 2.25. The third kappa shape index (κ3) is 5.47. The van der Waals surface area contributed by atoms with E-state index in [0.717, 1.165) is 10.0 Å². The van der Waals surface area contributed by atoms with E-state index in [1.54, 1.807) is 24.3 Å². The maximum absolute atomic E-state index is 12.9. The first-order valence-electron chi connectivity index (χ1n) is 9.89. The van der Waals surface area contributed by atoms with Crippen molar-refractivity contribution in [2.24, 2.45) is 5.92 Å². The van der Waals surface area contributed by atoms with E-state index in [4.69, 9.17) is 0 Å². The van der Waals surface area contributed by atoms with E-state index in [1.165, 1.54) is 9.87 Å². The fourth-order valence-electron chi connectivity index (χ4n) is 3.48. The lowest BCUT2D eigenvalue weighted by Gasteiger charge is -2.31. The van der Waals surface area contributed by atoms with Crippen molar-refractivity contribution in [3.63, 3.8) is 0 Å². The molecule has 0 saturated carbocycles. The number of rotatable bonds is 6. The third-order valence-electron chi connectivity index (χ3n) is 5.32. The molecule has 1 aliphatic rings. The quantitative estimate of drug-likeness (QED) is 0.673. The summed E-state index contributed by atoms with van der Waals surface area (Å²) in [4.78, 5) is 12.9. The monoisotopic (exact) mass is 478 g/mol. The number of sulfonamides is 1. The highest BCUT2D eigenvalue weighted by molar-refractivity contribution is 9.10. The Hall–Kier alpha value is -1.70. The number of halogens is 1. The Morgan fingerprint density at radius 2 is 1.79 bits per heavy atom. The summed E-state index contributed by atoms with van der Waals surface area (Å²) >= 11 is 3.32. The zero-order valence-corrected chi connectivity index (χ0v) is 19.2. The van der Waals surface area contributed by atoms with Crippen molar-refractivity contribution in [2.75, 3.05) is 13.1 Å². The first-order chi connectivity index (χ1) is 13.8. The van der Waals surface area contributed by atoms with Crippen LogP contribution in [-0.4, -0.2) is 31.7 Å². The topological polar surface area (TPSA) is 66.5 Å². The number of amides is 1. The molecule has 0 aliphatic carbocycles. The summed E-state index contributed by atoms with van der Waals surface area (Å²) in [5.74, 6) is 0.0529. The van der Waals surface area contributed by atoms with Gasteiger partial charge in [0.1, 0.15) is 0 Å². The van der Waals surface area contributed by atoms with E-state index < -0.39 is 10.0 Å². The predicted octanol–water partition coefficient (Wildman–Crippen LogP) is 4.29. The second-order valence-corrected chi connectivity index (χ2v) is 10.6. The van der Waals surface area contributed by atoms with Gasteiger partial charge in [-0.2, -0.15) is 4.31 Å². The van der Waals surface area contributed by atoms with Gasteiger partial charge in [-0.1, -0.05) is 54.0 Å². The van der Waals surface area contributed by atoms with Crippen molar-refractivity contribution in [3.8, 4) is 0 Å². The largest absolute Gasteiger partial charge is 0.352 e. The van der Waals surface area contributed by atoms with Gasteiger partial charge in [0.05, 0.1) is 10.8 Å². The molecule has 156 valence electrons. The summed E-state index contributed by atoms with van der Waals surface area (Å²) in [6, 6.07) is 14.8. The van der Waals surface area contributed by atoms with E-state index in [0.29, 0.717) is 31.8 Å². The van der Waals surface area contributed by atoms with E-state index in [-0.39, 0.29) is 23.3 Å². The maximum Gasteiger partial charge on any atom is 0.243 e. The molecule has 7 heteroatoms. The molecule has 1 aliphatic heterocycles. The molecule has 2 aromatic rings. The molecule has 1 heterocycles. The van der Waals surface area contributed by atoms with Crippen LogP contribution in [0.15, 0.2) is 57.9 Å². The van der Waals surface area contributed by atoms with Crippen LogP contribution in [-0.2, 0) is 21.4 Å². The average Bonchev–Trinajstić information content (AvgIpc) is 2.72. The molecule has 1 saturated heterocycles. The van der Waals surface area contributed by atoms with Crippen molar-refractivity contribution in [2.45, 2.75) is 44.0 Å². The maximum atomic E-state index is 12.9. The van der Waals surface area contributed by atoms with Crippen molar-refractivity contribution in [1.29, 1.82) is 0 Å². The molecule has 0 bridgehead atoms. The number of carbonyl (C=O) groups is 1. The Bertz CT molecular complexity index is 941.